The van der Waals surface area contributed by atoms with Crippen molar-refractivity contribution in [2.75, 3.05) is 0 Å². The van der Waals surface area contributed by atoms with Gasteiger partial charge in [0.25, 0.3) is 0 Å². The number of aromatic nitrogens is 4. The molecule has 0 amide bonds. The van der Waals surface area contributed by atoms with Gasteiger partial charge in [0.2, 0.25) is 0 Å². The van der Waals surface area contributed by atoms with Crippen molar-refractivity contribution < 1.29 is 0 Å². The van der Waals surface area contributed by atoms with Gasteiger partial charge in [-0.05, 0) is 109 Å². The van der Waals surface area contributed by atoms with Crippen LogP contribution < -0.4 is 21.4 Å². The van der Waals surface area contributed by atoms with Crippen LogP contribution in [0.4, 0.5) is 0 Å². The molecule has 8 bridgehead atoms. The summed E-state index contributed by atoms with van der Waals surface area (Å²) in [7, 11) is 0. The van der Waals surface area contributed by atoms with Gasteiger partial charge in [-0.3, -0.25) is 0 Å². The van der Waals surface area contributed by atoms with E-state index >= 15 is 0 Å². The van der Waals surface area contributed by atoms with Crippen molar-refractivity contribution in [3.63, 3.8) is 0 Å². The molecule has 0 saturated heterocycles. The predicted molar refractivity (Wildman–Crippen MR) is 164 cm³/mol. The smallest absolute Gasteiger partial charge is 0.0485 e. The van der Waals surface area contributed by atoms with Gasteiger partial charge in [-0.25, -0.2) is 0 Å². The Morgan fingerprint density at radius 3 is 1.75 bits per heavy atom. The molecule has 4 aromatic rings. The molecule has 5 heterocycles. The van der Waals surface area contributed by atoms with E-state index < -0.39 is 0 Å². The summed E-state index contributed by atoms with van der Waals surface area (Å²) in [6, 6.07) is 17.4. The lowest BCUT2D eigenvalue weighted by atomic mass is 10.0. The highest BCUT2D eigenvalue weighted by atomic mass is 14.8. The van der Waals surface area contributed by atoms with E-state index in [-0.39, 0.29) is 0 Å². The van der Waals surface area contributed by atoms with Crippen LogP contribution in [-0.4, -0.2) is 19.9 Å². The number of H-pyrrole nitrogens is 4. The van der Waals surface area contributed by atoms with Gasteiger partial charge in [-0.1, -0.05) is 42.5 Å². The highest BCUT2D eigenvalue weighted by Crippen LogP contribution is 2.26. The van der Waals surface area contributed by atoms with E-state index in [2.05, 4.69) is 131 Å². The summed E-state index contributed by atoms with van der Waals surface area (Å²) in [5, 5.41) is 4.30. The Labute approximate surface area is 232 Å². The molecular formula is C36H30N4. The average molecular weight is 519 g/mol. The zero-order valence-corrected chi connectivity index (χ0v) is 22.6. The monoisotopic (exact) mass is 518 g/mol. The molecule has 0 unspecified atom stereocenters. The predicted octanol–water partition coefficient (Wildman–Crippen LogP) is 4.80. The first-order valence-corrected chi connectivity index (χ1v) is 13.7. The number of aromatic amines is 4. The van der Waals surface area contributed by atoms with Crippen LogP contribution in [0, 0.1) is 0 Å². The molecular weight excluding hydrogens is 488 g/mol. The van der Waals surface area contributed by atoms with Crippen LogP contribution in [0.2, 0.25) is 0 Å². The fraction of sp³-hybridized carbons (Fsp3) is 0.0833. The second kappa shape index (κ2) is 9.85. The summed E-state index contributed by atoms with van der Waals surface area (Å²) in [4.78, 5) is 14.9. The molecule has 3 aliphatic rings. The fourth-order valence-corrected chi connectivity index (χ4v) is 5.61. The van der Waals surface area contributed by atoms with Crippen molar-refractivity contribution in [1.82, 2.24) is 19.9 Å². The Morgan fingerprint density at radius 1 is 0.525 bits per heavy atom. The van der Waals surface area contributed by atoms with Gasteiger partial charge in [-0.15, -0.1) is 5.73 Å². The molecule has 0 aromatic carbocycles. The quantitative estimate of drug-likeness (QED) is 0.276. The molecule has 194 valence electrons. The number of hydrogen-bond acceptors (Lipinski definition) is 0. The zero-order chi connectivity index (χ0) is 27.1. The Hall–Kier alpha value is -5.18. The van der Waals surface area contributed by atoms with Crippen LogP contribution in [0.25, 0.3) is 22.3 Å². The average Bonchev–Trinajstić information content (AvgIpc) is 3.75. The Kier molecular flexibility index (Phi) is 5.88. The van der Waals surface area contributed by atoms with Crippen molar-refractivity contribution >= 4 is 22.3 Å². The summed E-state index contributed by atoms with van der Waals surface area (Å²) < 4.78 is 0. The number of rotatable bonds is 2. The summed E-state index contributed by atoms with van der Waals surface area (Å²) >= 11 is 0. The van der Waals surface area contributed by atoms with E-state index in [1.165, 1.54) is 5.57 Å². The van der Waals surface area contributed by atoms with Gasteiger partial charge < -0.3 is 19.9 Å². The van der Waals surface area contributed by atoms with Crippen LogP contribution in [-0.2, 0) is 0 Å². The molecule has 1 aliphatic heterocycles. The summed E-state index contributed by atoms with van der Waals surface area (Å²) in [5.41, 5.74) is 14.3. The second-order valence-electron chi connectivity index (χ2n) is 10.3. The molecule has 2 aliphatic carbocycles. The van der Waals surface area contributed by atoms with Gasteiger partial charge in [0.15, 0.2) is 0 Å². The van der Waals surface area contributed by atoms with E-state index in [0.29, 0.717) is 0 Å². The van der Waals surface area contributed by atoms with Crippen LogP contribution >= 0.6 is 0 Å². The maximum atomic E-state index is 3.73. The first-order valence-electron chi connectivity index (χ1n) is 13.7. The SMILES string of the molecule is CC1=c2ccc([nH]2)=C(C2=CC=C=CC=C2)c2ccc([nH]2)C(C)=c2ccc([nH]2)=C(C2=CC=CCC=C2)c2ccc1[nH]2. The maximum Gasteiger partial charge on any atom is 0.0485 e. The lowest BCUT2D eigenvalue weighted by Crippen LogP contribution is -2.18. The topological polar surface area (TPSA) is 63.2 Å². The molecule has 4 N–H and O–H groups in total. The number of hydrogen-bond donors (Lipinski definition) is 4. The first kappa shape index (κ1) is 23.9. The van der Waals surface area contributed by atoms with Gasteiger partial charge in [0.05, 0.1) is 0 Å². The molecule has 40 heavy (non-hydrogen) atoms. The lowest BCUT2D eigenvalue weighted by Gasteiger charge is -2.08. The van der Waals surface area contributed by atoms with Gasteiger partial charge in [0, 0.05) is 55.3 Å². The standard InChI is InChI=1S/C36H30N4/c1-23-27-15-19-31(37-27)35(25-11-7-3-4-8-12-25)33-21-17-29(39-33)24(2)30-18-22-34(40-30)36(32-20-16-28(23)38-32)26-13-9-5-6-10-14-26/h3,5,7-22,37-40H,4H2,1-2H3. The van der Waals surface area contributed by atoms with E-state index in [9.17, 15) is 0 Å². The van der Waals surface area contributed by atoms with E-state index in [1.807, 2.05) is 18.2 Å². The fourth-order valence-electron chi connectivity index (χ4n) is 5.61. The molecule has 7 rings (SSSR count). The minimum absolute atomic E-state index is 0.932. The van der Waals surface area contributed by atoms with E-state index in [1.54, 1.807) is 0 Å². The molecule has 0 fully saturated rings. The van der Waals surface area contributed by atoms with E-state index in [0.717, 1.165) is 78.5 Å². The van der Waals surface area contributed by atoms with Crippen LogP contribution in [0.5, 0.6) is 0 Å². The number of fused-ring (bicyclic) bond motifs is 8. The third kappa shape index (κ3) is 4.21. The highest BCUT2D eigenvalue weighted by molar-refractivity contribution is 5.83. The van der Waals surface area contributed by atoms with Crippen LogP contribution in [0.3, 0.4) is 0 Å². The molecule has 0 saturated carbocycles. The van der Waals surface area contributed by atoms with Crippen molar-refractivity contribution in [1.29, 1.82) is 0 Å². The molecule has 0 atom stereocenters. The molecule has 0 spiro atoms. The zero-order valence-electron chi connectivity index (χ0n) is 22.6. The summed E-state index contributed by atoms with van der Waals surface area (Å²) in [6.07, 6.45) is 22.1. The van der Waals surface area contributed by atoms with Gasteiger partial charge >= 0.3 is 0 Å². The minimum atomic E-state index is 0.932. The Balaban J connectivity index is 1.56. The van der Waals surface area contributed by atoms with Crippen molar-refractivity contribution in [3.8, 4) is 0 Å². The first-order chi connectivity index (χ1) is 19.7. The maximum absolute atomic E-state index is 3.73. The van der Waals surface area contributed by atoms with Crippen molar-refractivity contribution in [2.24, 2.45) is 0 Å². The van der Waals surface area contributed by atoms with Gasteiger partial charge in [-0.2, -0.15) is 0 Å². The second-order valence-corrected chi connectivity index (χ2v) is 10.3. The third-order valence-corrected chi connectivity index (χ3v) is 7.82. The third-order valence-electron chi connectivity index (χ3n) is 7.82. The number of nitrogens with one attached hydrogen (secondary N) is 4. The largest absolute Gasteiger partial charge is 0.355 e. The normalized spacial score (nSPS) is 16.4. The van der Waals surface area contributed by atoms with Crippen molar-refractivity contribution in [2.45, 2.75) is 20.3 Å². The molecule has 0 radical (unpaired) electrons. The highest BCUT2D eigenvalue weighted by Gasteiger charge is 2.15. The molecule has 4 heteroatoms. The molecule has 4 nitrogen and oxygen atoms in total. The van der Waals surface area contributed by atoms with Gasteiger partial charge in [0.1, 0.15) is 0 Å². The molecule has 4 aromatic heterocycles. The Bertz CT molecular complexity index is 2010. The number of allylic oxidation sites excluding steroid dienone is 11. The minimum Gasteiger partial charge on any atom is -0.355 e. The van der Waals surface area contributed by atoms with Crippen LogP contribution in [0.15, 0.2) is 126 Å². The summed E-state index contributed by atoms with van der Waals surface area (Å²) in [5.74, 6) is 0. The van der Waals surface area contributed by atoms with Crippen molar-refractivity contribution in [3.05, 3.63) is 170 Å². The van der Waals surface area contributed by atoms with E-state index in [4.69, 9.17) is 0 Å². The summed E-state index contributed by atoms with van der Waals surface area (Å²) in [6.45, 7) is 4.33. The van der Waals surface area contributed by atoms with Crippen LogP contribution in [0.1, 0.15) is 43.0 Å². The Morgan fingerprint density at radius 2 is 1.10 bits per heavy atom. The lowest BCUT2D eigenvalue weighted by molar-refractivity contribution is 1.18.